The lowest BCUT2D eigenvalue weighted by atomic mass is 10.3. The van der Waals surface area contributed by atoms with Gasteiger partial charge in [0.25, 0.3) is 0 Å². The molecule has 0 aliphatic rings. The SMILES string of the molecule is CCCC(OC)OC(C)C=O. The van der Waals surface area contributed by atoms with Crippen LogP contribution in [-0.4, -0.2) is 25.8 Å². The molecule has 0 aromatic heterocycles. The third kappa shape index (κ3) is 4.93. The van der Waals surface area contributed by atoms with Crippen molar-refractivity contribution in [1.29, 1.82) is 0 Å². The van der Waals surface area contributed by atoms with Gasteiger partial charge in [0.15, 0.2) is 6.29 Å². The van der Waals surface area contributed by atoms with Gasteiger partial charge in [0, 0.05) is 7.11 Å². The average Bonchev–Trinajstić information content (AvgIpc) is 2.03. The molecular weight excluding hydrogens is 144 g/mol. The standard InChI is InChI=1S/C8H16O3/c1-4-5-8(10-3)11-7(2)6-9/h6-8H,4-5H2,1-3H3. The maximum absolute atomic E-state index is 10.2. The summed E-state index contributed by atoms with van der Waals surface area (Å²) in [6.07, 6.45) is 1.98. The molecule has 3 nitrogen and oxygen atoms in total. The molecule has 0 aliphatic heterocycles. The lowest BCUT2D eigenvalue weighted by molar-refractivity contribution is -0.159. The quantitative estimate of drug-likeness (QED) is 0.435. The molecule has 0 heterocycles. The molecule has 0 bridgehead atoms. The zero-order chi connectivity index (χ0) is 8.69. The third-order valence-electron chi connectivity index (χ3n) is 1.35. The van der Waals surface area contributed by atoms with Gasteiger partial charge in [0.1, 0.15) is 12.4 Å². The Morgan fingerprint density at radius 2 is 2.18 bits per heavy atom. The molecule has 0 N–H and O–H groups in total. The Hall–Kier alpha value is -0.410. The molecule has 2 atom stereocenters. The van der Waals surface area contributed by atoms with E-state index in [1.807, 2.05) is 6.92 Å². The van der Waals surface area contributed by atoms with Crippen LogP contribution < -0.4 is 0 Å². The Labute approximate surface area is 67.7 Å². The molecule has 3 heteroatoms. The van der Waals surface area contributed by atoms with Crippen LogP contribution in [0.5, 0.6) is 0 Å². The van der Waals surface area contributed by atoms with Crippen molar-refractivity contribution in [2.24, 2.45) is 0 Å². The molecule has 0 amide bonds. The van der Waals surface area contributed by atoms with Crippen molar-refractivity contribution < 1.29 is 14.3 Å². The van der Waals surface area contributed by atoms with Crippen molar-refractivity contribution in [2.75, 3.05) is 7.11 Å². The number of hydrogen-bond donors (Lipinski definition) is 0. The molecule has 0 aromatic rings. The summed E-state index contributed by atoms with van der Waals surface area (Å²) in [5.74, 6) is 0. The van der Waals surface area contributed by atoms with Gasteiger partial charge in [-0.25, -0.2) is 0 Å². The summed E-state index contributed by atoms with van der Waals surface area (Å²) in [5.41, 5.74) is 0. The topological polar surface area (TPSA) is 35.5 Å². The van der Waals surface area contributed by atoms with E-state index in [4.69, 9.17) is 9.47 Å². The second kappa shape index (κ2) is 6.31. The van der Waals surface area contributed by atoms with Crippen LogP contribution in [0, 0.1) is 0 Å². The summed E-state index contributed by atoms with van der Waals surface area (Å²) in [7, 11) is 1.58. The van der Waals surface area contributed by atoms with Crippen molar-refractivity contribution in [3.8, 4) is 0 Å². The lowest BCUT2D eigenvalue weighted by Crippen LogP contribution is -2.22. The predicted molar refractivity (Wildman–Crippen MR) is 42.3 cm³/mol. The van der Waals surface area contributed by atoms with E-state index in [0.29, 0.717) is 0 Å². The number of hydrogen-bond acceptors (Lipinski definition) is 3. The van der Waals surface area contributed by atoms with Gasteiger partial charge >= 0.3 is 0 Å². The second-order valence-corrected chi connectivity index (χ2v) is 2.43. The van der Waals surface area contributed by atoms with E-state index >= 15 is 0 Å². The smallest absolute Gasteiger partial charge is 0.158 e. The van der Waals surface area contributed by atoms with E-state index < -0.39 is 0 Å². The van der Waals surface area contributed by atoms with Gasteiger partial charge in [0.05, 0.1) is 0 Å². The fraction of sp³-hybridized carbons (Fsp3) is 0.875. The molecule has 0 radical (unpaired) electrons. The molecule has 0 spiro atoms. The van der Waals surface area contributed by atoms with E-state index in [2.05, 4.69) is 0 Å². The number of ether oxygens (including phenoxy) is 2. The zero-order valence-corrected chi connectivity index (χ0v) is 7.37. The first kappa shape index (κ1) is 10.6. The first-order valence-corrected chi connectivity index (χ1v) is 3.88. The summed E-state index contributed by atoms with van der Waals surface area (Å²) in [5, 5.41) is 0. The highest BCUT2D eigenvalue weighted by molar-refractivity contribution is 5.55. The van der Waals surface area contributed by atoms with Crippen LogP contribution in [0.25, 0.3) is 0 Å². The normalized spacial score (nSPS) is 15.9. The van der Waals surface area contributed by atoms with Crippen LogP contribution in [0.15, 0.2) is 0 Å². The van der Waals surface area contributed by atoms with E-state index in [-0.39, 0.29) is 12.4 Å². The largest absolute Gasteiger partial charge is 0.356 e. The van der Waals surface area contributed by atoms with Crippen LogP contribution in [0.4, 0.5) is 0 Å². The van der Waals surface area contributed by atoms with Gasteiger partial charge in [-0.15, -0.1) is 0 Å². The third-order valence-corrected chi connectivity index (χ3v) is 1.35. The van der Waals surface area contributed by atoms with Gasteiger partial charge in [0.2, 0.25) is 0 Å². The second-order valence-electron chi connectivity index (χ2n) is 2.43. The van der Waals surface area contributed by atoms with Gasteiger partial charge < -0.3 is 14.3 Å². The van der Waals surface area contributed by atoms with E-state index in [9.17, 15) is 4.79 Å². The maximum Gasteiger partial charge on any atom is 0.158 e. The Balaban J connectivity index is 3.57. The summed E-state index contributed by atoms with van der Waals surface area (Å²) < 4.78 is 10.2. The molecule has 0 aliphatic carbocycles. The summed E-state index contributed by atoms with van der Waals surface area (Å²) in [6, 6.07) is 0. The Morgan fingerprint density at radius 3 is 2.55 bits per heavy atom. The molecular formula is C8H16O3. The van der Waals surface area contributed by atoms with Crippen molar-refractivity contribution in [2.45, 2.75) is 39.1 Å². The molecule has 0 saturated carbocycles. The van der Waals surface area contributed by atoms with Crippen LogP contribution in [0.3, 0.4) is 0 Å². The first-order chi connectivity index (χ1) is 5.24. The molecule has 2 unspecified atom stereocenters. The van der Waals surface area contributed by atoms with Crippen molar-refractivity contribution in [3.05, 3.63) is 0 Å². The number of carbonyl (C=O) groups excluding carboxylic acids is 1. The van der Waals surface area contributed by atoms with Crippen molar-refractivity contribution in [3.63, 3.8) is 0 Å². The Morgan fingerprint density at radius 1 is 1.55 bits per heavy atom. The van der Waals surface area contributed by atoms with Crippen LogP contribution in [0.2, 0.25) is 0 Å². The summed E-state index contributed by atoms with van der Waals surface area (Å²) in [4.78, 5) is 10.2. The van der Waals surface area contributed by atoms with E-state index in [0.717, 1.165) is 19.1 Å². The monoisotopic (exact) mass is 160 g/mol. The highest BCUT2D eigenvalue weighted by Gasteiger charge is 2.09. The van der Waals surface area contributed by atoms with Crippen LogP contribution in [-0.2, 0) is 14.3 Å². The van der Waals surface area contributed by atoms with Gasteiger partial charge in [-0.1, -0.05) is 13.3 Å². The van der Waals surface area contributed by atoms with Gasteiger partial charge in [-0.3, -0.25) is 0 Å². The number of methoxy groups -OCH3 is 1. The number of aldehydes is 1. The fourth-order valence-electron chi connectivity index (χ4n) is 0.749. The van der Waals surface area contributed by atoms with Crippen molar-refractivity contribution in [1.82, 2.24) is 0 Å². The van der Waals surface area contributed by atoms with Gasteiger partial charge in [-0.05, 0) is 13.3 Å². The number of rotatable bonds is 6. The highest BCUT2D eigenvalue weighted by atomic mass is 16.7. The number of carbonyl (C=O) groups is 1. The summed E-state index contributed by atoms with van der Waals surface area (Å²) >= 11 is 0. The van der Waals surface area contributed by atoms with E-state index in [1.54, 1.807) is 14.0 Å². The van der Waals surface area contributed by atoms with E-state index in [1.165, 1.54) is 0 Å². The molecule has 0 aromatic carbocycles. The van der Waals surface area contributed by atoms with Crippen LogP contribution >= 0.6 is 0 Å². The van der Waals surface area contributed by atoms with Gasteiger partial charge in [-0.2, -0.15) is 0 Å². The first-order valence-electron chi connectivity index (χ1n) is 3.88. The molecule has 66 valence electrons. The molecule has 0 saturated heterocycles. The maximum atomic E-state index is 10.2. The average molecular weight is 160 g/mol. The minimum absolute atomic E-state index is 0.236. The molecule has 11 heavy (non-hydrogen) atoms. The minimum Gasteiger partial charge on any atom is -0.356 e. The fourth-order valence-corrected chi connectivity index (χ4v) is 0.749. The predicted octanol–water partition coefficient (Wildman–Crippen LogP) is 1.36. The highest BCUT2D eigenvalue weighted by Crippen LogP contribution is 2.04. The Bertz CT molecular complexity index is 104. The molecule has 0 fully saturated rings. The summed E-state index contributed by atoms with van der Waals surface area (Å²) in [6.45, 7) is 3.75. The van der Waals surface area contributed by atoms with Crippen molar-refractivity contribution >= 4 is 6.29 Å². The zero-order valence-electron chi connectivity index (χ0n) is 7.37. The Kier molecular flexibility index (Phi) is 6.07. The molecule has 0 rings (SSSR count). The minimum atomic E-state index is -0.369. The lowest BCUT2D eigenvalue weighted by Gasteiger charge is -2.16. The van der Waals surface area contributed by atoms with Crippen LogP contribution in [0.1, 0.15) is 26.7 Å².